The Kier molecular flexibility index (Phi) is 18.9. The first-order chi connectivity index (χ1) is 11.6. The van der Waals surface area contributed by atoms with Gasteiger partial charge in [-0.25, -0.2) is 0 Å². The van der Waals surface area contributed by atoms with Crippen LogP contribution in [0.2, 0.25) is 13.1 Å². The van der Waals surface area contributed by atoms with Crippen molar-refractivity contribution < 1.29 is 123 Å². The van der Waals surface area contributed by atoms with Gasteiger partial charge in [-0.15, -0.1) is 11.1 Å². The van der Waals surface area contributed by atoms with Crippen LogP contribution in [0, 0.1) is 0 Å². The summed E-state index contributed by atoms with van der Waals surface area (Å²) in [5.74, 6) is 2.19. The van der Waals surface area contributed by atoms with Crippen molar-refractivity contribution in [1.29, 1.82) is 0 Å². The summed E-state index contributed by atoms with van der Waals surface area (Å²) in [6.45, 7) is 13.1. The third kappa shape index (κ3) is 9.58. The van der Waals surface area contributed by atoms with Crippen LogP contribution < -0.4 is 115 Å². The molecule has 28 heavy (non-hydrogen) atoms. The van der Waals surface area contributed by atoms with E-state index >= 15 is 0 Å². The van der Waals surface area contributed by atoms with E-state index in [2.05, 4.69) is 42.8 Å². The van der Waals surface area contributed by atoms with Crippen molar-refractivity contribution in [3.63, 3.8) is 0 Å². The number of guanidine groups is 2. The summed E-state index contributed by atoms with van der Waals surface area (Å²) in [6.07, 6.45) is 4.84. The zero-order chi connectivity index (χ0) is 17.0. The Labute approximate surface area is 269 Å². The molecule has 2 saturated heterocycles. The quantitative estimate of drug-likeness (QED) is 0.262. The predicted molar refractivity (Wildman–Crippen MR) is 110 cm³/mol. The molecule has 0 N–H and O–H groups in total. The molecule has 0 spiro atoms. The fourth-order valence-corrected chi connectivity index (χ4v) is 5.43. The first-order valence-electron chi connectivity index (χ1n) is 9.28. The van der Waals surface area contributed by atoms with Crippen molar-refractivity contribution in [2.24, 2.45) is 9.98 Å². The standard InChI is InChI=1S/C9H18ClN3Si.C7H12N3.ClH.FH.2K.H2.H/c1-14(2,10)13-8-4-7-12-6-3-5-11-9(12)13;1-3-8-7-9-4-2-6-10(7)5-1;;;;;;/h3-8H2,1-2H3;1-6H2;2*1H;;;1H;/q;-1;;;2*+1;;-1/p-1/i;;;;;;1+2;. The molecule has 0 amide bonds. The topological polar surface area (TPSA) is 48.5 Å². The first kappa shape index (κ1) is 32.7. The molecule has 156 valence electrons. The fraction of sp³-hybridized carbons (Fsp3) is 0.875. The van der Waals surface area contributed by atoms with E-state index in [1.807, 2.05) is 0 Å². The normalized spacial score (nSPS) is 20.5. The summed E-state index contributed by atoms with van der Waals surface area (Å²) in [5.41, 5.74) is 0. The van der Waals surface area contributed by atoms with E-state index in [1.54, 1.807) is 0 Å². The molecular weight excluding hydrogens is 472 g/mol. The van der Waals surface area contributed by atoms with E-state index < -0.39 is 7.55 Å². The minimum absolute atomic E-state index is 0. The molecule has 0 atom stereocenters. The van der Waals surface area contributed by atoms with Crippen LogP contribution in [0.4, 0.5) is 4.70 Å². The SMILES string of the molecule is C1CN=C2[N-]CCCN2C1.C[Si](C)(Cl)N1CCCN2CCCN=C21.F.[3HH].[Cl-].[H-].[K+].[K+]. The molecule has 0 aromatic rings. The second kappa shape index (κ2) is 16.2. The molecule has 4 aliphatic rings. The van der Waals surface area contributed by atoms with Gasteiger partial charge in [-0.05, 0) is 65.0 Å². The van der Waals surface area contributed by atoms with Crippen molar-refractivity contribution in [2.75, 3.05) is 52.4 Å². The number of aliphatic imine (C=N–C) groups is 2. The van der Waals surface area contributed by atoms with Crippen molar-refractivity contribution in [2.45, 2.75) is 38.8 Å². The Morgan fingerprint density at radius 3 is 2.14 bits per heavy atom. The van der Waals surface area contributed by atoms with E-state index in [-0.39, 0.29) is 123 Å². The summed E-state index contributed by atoms with van der Waals surface area (Å²) in [6, 6.07) is 0. The second-order valence-electron chi connectivity index (χ2n) is 7.19. The van der Waals surface area contributed by atoms with Crippen LogP contribution in [0.3, 0.4) is 0 Å². The van der Waals surface area contributed by atoms with Gasteiger partial charge >= 0.3 is 103 Å². The summed E-state index contributed by atoms with van der Waals surface area (Å²) < 4.78 is 2.36. The average molecular weight is 509 g/mol. The maximum Gasteiger partial charge on any atom is 1.00 e. The molecule has 4 rings (SSSR count). The minimum atomic E-state index is -1.73. The van der Waals surface area contributed by atoms with E-state index in [0.29, 0.717) is 0 Å². The van der Waals surface area contributed by atoms with Crippen LogP contribution in [0.5, 0.6) is 0 Å². The van der Waals surface area contributed by atoms with Crippen molar-refractivity contribution >= 4 is 30.5 Å². The molecule has 0 saturated carbocycles. The molecule has 0 radical (unpaired) electrons. The Morgan fingerprint density at radius 2 is 1.50 bits per heavy atom. The smallest absolute Gasteiger partial charge is 1.00 e. The van der Waals surface area contributed by atoms with E-state index in [4.69, 9.17) is 11.1 Å². The molecule has 4 heterocycles. The van der Waals surface area contributed by atoms with E-state index in [1.165, 1.54) is 44.7 Å². The van der Waals surface area contributed by atoms with Gasteiger partial charge in [0.05, 0.1) is 0 Å². The van der Waals surface area contributed by atoms with Gasteiger partial charge in [0.15, 0.2) is 5.96 Å². The maximum atomic E-state index is 6.49. The van der Waals surface area contributed by atoms with Crippen molar-refractivity contribution in [3.05, 3.63) is 5.32 Å². The largest absolute Gasteiger partial charge is 1.00 e. The van der Waals surface area contributed by atoms with Gasteiger partial charge in [-0.2, -0.15) is 0 Å². The molecular formula is C16H34Cl2FK2N6Si-. The van der Waals surface area contributed by atoms with Crippen molar-refractivity contribution in [1.82, 2.24) is 14.4 Å². The molecule has 0 aromatic carbocycles. The van der Waals surface area contributed by atoms with Crippen LogP contribution in [-0.2, 0) is 0 Å². The number of halogens is 3. The van der Waals surface area contributed by atoms with Gasteiger partial charge in [0.25, 0.3) is 7.55 Å². The Balaban J connectivity index is -0.000000193. The van der Waals surface area contributed by atoms with Gasteiger partial charge in [0.2, 0.25) is 0 Å². The molecule has 2 fully saturated rings. The summed E-state index contributed by atoms with van der Waals surface area (Å²) >= 11 is 6.49. The molecule has 0 aliphatic carbocycles. The van der Waals surface area contributed by atoms with Crippen LogP contribution in [-0.4, -0.2) is 86.2 Å². The molecule has 6 nitrogen and oxygen atoms in total. The first-order valence-corrected chi connectivity index (χ1v) is 13.2. The molecule has 12 heteroatoms. The monoisotopic (exact) mass is 507 g/mol. The molecule has 0 aromatic heterocycles. The van der Waals surface area contributed by atoms with Gasteiger partial charge in [-0.1, -0.05) is 0 Å². The average Bonchev–Trinajstić information content (AvgIpc) is 2.61. The number of nitrogens with zero attached hydrogens (tertiary/aromatic N) is 6. The summed E-state index contributed by atoms with van der Waals surface area (Å²) in [4.78, 5) is 13.6. The molecule has 0 bridgehead atoms. The second-order valence-corrected chi connectivity index (χ2v) is 13.3. The maximum absolute atomic E-state index is 6.49. The van der Waals surface area contributed by atoms with Gasteiger partial charge in [-0.3, -0.25) is 9.70 Å². The van der Waals surface area contributed by atoms with Crippen LogP contribution in [0.15, 0.2) is 9.98 Å². The zero-order valence-electron chi connectivity index (χ0n) is 18.8. The molecule has 0 unspecified atom stereocenters. The van der Waals surface area contributed by atoms with Crippen LogP contribution in [0.25, 0.3) is 5.32 Å². The Bertz CT molecular complexity index is 521. The van der Waals surface area contributed by atoms with Crippen LogP contribution >= 0.6 is 11.1 Å². The number of hydrogen-bond acceptors (Lipinski definition) is 5. The van der Waals surface area contributed by atoms with E-state index in [0.717, 1.165) is 45.2 Å². The van der Waals surface area contributed by atoms with E-state index in [9.17, 15) is 0 Å². The fourth-order valence-electron chi connectivity index (χ4n) is 3.57. The van der Waals surface area contributed by atoms with Gasteiger partial charge in [0, 0.05) is 33.6 Å². The third-order valence-corrected chi connectivity index (χ3v) is 7.10. The number of rotatable bonds is 1. The third-order valence-electron chi connectivity index (χ3n) is 4.78. The minimum Gasteiger partial charge on any atom is -1.00 e. The van der Waals surface area contributed by atoms with Gasteiger partial charge in [0.1, 0.15) is 0 Å². The predicted octanol–water partition coefficient (Wildman–Crippen LogP) is -5.96. The zero-order valence-corrected chi connectivity index (χ0v) is 26.6. The number of fused-ring (bicyclic) bond motifs is 2. The van der Waals surface area contributed by atoms with Gasteiger partial charge < -0.3 is 38.5 Å². The summed E-state index contributed by atoms with van der Waals surface area (Å²) in [7, 11) is -1.73. The summed E-state index contributed by atoms with van der Waals surface area (Å²) in [5, 5.41) is 4.33. The molecule has 4 aliphatic heterocycles. The van der Waals surface area contributed by atoms with Crippen LogP contribution in [0.1, 0.15) is 28.5 Å². The Hall–Kier alpha value is 2.54. The Morgan fingerprint density at radius 1 is 0.929 bits per heavy atom. The number of hydrogen-bond donors (Lipinski definition) is 0. The van der Waals surface area contributed by atoms with Crippen molar-refractivity contribution in [3.8, 4) is 0 Å².